The predicted molar refractivity (Wildman–Crippen MR) is 78.5 cm³/mol. The van der Waals surface area contributed by atoms with E-state index in [0.29, 0.717) is 0 Å². The van der Waals surface area contributed by atoms with E-state index in [1.807, 2.05) is 0 Å². The first-order valence-electron chi connectivity index (χ1n) is 8.43. The van der Waals surface area contributed by atoms with Gasteiger partial charge in [-0.2, -0.15) is 0 Å². The van der Waals surface area contributed by atoms with Crippen molar-refractivity contribution in [3.05, 3.63) is 0 Å². The Bertz CT molecular complexity index is 205. The molecule has 0 heterocycles. The van der Waals surface area contributed by atoms with Gasteiger partial charge in [-0.15, -0.1) is 0 Å². The van der Waals surface area contributed by atoms with E-state index < -0.39 is 0 Å². The predicted octanol–water partition coefficient (Wildman–Crippen LogP) is 4.26. The van der Waals surface area contributed by atoms with Crippen molar-refractivity contribution in [2.24, 2.45) is 0 Å². The number of hydrogen-bond donors (Lipinski definition) is 1. The molecule has 0 aromatic heterocycles. The smallest absolute Gasteiger partial charge is 0.0243 e. The monoisotopic (exact) mass is 252 g/mol. The minimum atomic E-state index is 0.775. The quantitative estimate of drug-likeness (QED) is 0.711. The second-order valence-electron chi connectivity index (χ2n) is 6.30. The molecule has 2 nitrogen and oxygen atoms in total. The number of nitrogens with zero attached hydrogens (tertiary/aromatic N) is 1. The maximum atomic E-state index is 3.89. The Morgan fingerprint density at radius 3 is 2.11 bits per heavy atom. The lowest BCUT2D eigenvalue weighted by Crippen LogP contribution is -2.51. The summed E-state index contributed by atoms with van der Waals surface area (Å²) < 4.78 is 0. The third-order valence-corrected chi connectivity index (χ3v) is 4.72. The molecule has 1 N–H and O–H groups in total. The van der Waals surface area contributed by atoms with Gasteiger partial charge in [0, 0.05) is 18.6 Å². The van der Waals surface area contributed by atoms with Crippen molar-refractivity contribution in [1.29, 1.82) is 0 Å². The highest BCUT2D eigenvalue weighted by Crippen LogP contribution is 2.24. The Hall–Kier alpha value is -0.0800. The summed E-state index contributed by atoms with van der Waals surface area (Å²) in [5.41, 5.74) is 3.89. The molecule has 0 unspecified atom stereocenters. The van der Waals surface area contributed by atoms with Gasteiger partial charge in [0.1, 0.15) is 0 Å². The van der Waals surface area contributed by atoms with E-state index in [2.05, 4.69) is 17.4 Å². The van der Waals surface area contributed by atoms with Crippen molar-refractivity contribution in [1.82, 2.24) is 10.4 Å². The lowest BCUT2D eigenvalue weighted by Gasteiger charge is -2.38. The first-order chi connectivity index (χ1) is 8.90. The molecule has 2 saturated carbocycles. The van der Waals surface area contributed by atoms with Gasteiger partial charge in [-0.25, -0.2) is 5.01 Å². The Morgan fingerprint density at radius 2 is 1.50 bits per heavy atom. The molecule has 2 aliphatic rings. The molecular weight excluding hydrogens is 220 g/mol. The maximum Gasteiger partial charge on any atom is 0.0243 e. The van der Waals surface area contributed by atoms with Gasteiger partial charge < -0.3 is 0 Å². The number of unbranched alkanes of at least 4 members (excludes halogenated alkanes) is 1. The van der Waals surface area contributed by atoms with Crippen LogP contribution < -0.4 is 5.43 Å². The summed E-state index contributed by atoms with van der Waals surface area (Å²) in [7, 11) is 0. The van der Waals surface area contributed by atoms with Crippen molar-refractivity contribution < 1.29 is 0 Å². The van der Waals surface area contributed by atoms with Gasteiger partial charge in [0.15, 0.2) is 0 Å². The average Bonchev–Trinajstić information content (AvgIpc) is 2.45. The molecule has 2 heteroatoms. The zero-order chi connectivity index (χ0) is 12.6. The second kappa shape index (κ2) is 8.16. The van der Waals surface area contributed by atoms with Crippen LogP contribution in [0.2, 0.25) is 0 Å². The van der Waals surface area contributed by atoms with E-state index in [0.717, 1.165) is 12.1 Å². The summed E-state index contributed by atoms with van der Waals surface area (Å²) >= 11 is 0. The molecule has 0 atom stereocenters. The van der Waals surface area contributed by atoms with E-state index in [-0.39, 0.29) is 0 Å². The topological polar surface area (TPSA) is 15.3 Å². The first-order valence-corrected chi connectivity index (χ1v) is 8.43. The molecule has 0 bridgehead atoms. The molecular formula is C16H32N2. The van der Waals surface area contributed by atoms with Crippen LogP contribution in [0.15, 0.2) is 0 Å². The zero-order valence-corrected chi connectivity index (χ0v) is 12.3. The van der Waals surface area contributed by atoms with Gasteiger partial charge in [-0.05, 0) is 32.1 Å². The molecule has 106 valence electrons. The summed E-state index contributed by atoms with van der Waals surface area (Å²) in [5.74, 6) is 0. The molecule has 0 amide bonds. The van der Waals surface area contributed by atoms with Crippen LogP contribution in [0.3, 0.4) is 0 Å². The summed E-state index contributed by atoms with van der Waals surface area (Å²) in [6, 6.07) is 1.60. The molecule has 0 aromatic carbocycles. The van der Waals surface area contributed by atoms with Crippen LogP contribution >= 0.6 is 0 Å². The van der Waals surface area contributed by atoms with Crippen LogP contribution in [0.5, 0.6) is 0 Å². The molecule has 2 rings (SSSR count). The van der Waals surface area contributed by atoms with Crippen molar-refractivity contribution in [3.8, 4) is 0 Å². The lowest BCUT2D eigenvalue weighted by molar-refractivity contribution is 0.0646. The molecule has 18 heavy (non-hydrogen) atoms. The van der Waals surface area contributed by atoms with Crippen molar-refractivity contribution in [2.45, 2.75) is 96.1 Å². The van der Waals surface area contributed by atoms with E-state index in [1.165, 1.54) is 83.6 Å². The largest absolute Gasteiger partial charge is 0.252 e. The van der Waals surface area contributed by atoms with Gasteiger partial charge in [-0.3, -0.25) is 5.43 Å². The van der Waals surface area contributed by atoms with Crippen LogP contribution in [0, 0.1) is 0 Å². The van der Waals surface area contributed by atoms with Crippen molar-refractivity contribution >= 4 is 0 Å². The fourth-order valence-corrected chi connectivity index (χ4v) is 3.54. The maximum absolute atomic E-state index is 3.89. The van der Waals surface area contributed by atoms with Crippen LogP contribution in [0.1, 0.15) is 84.0 Å². The highest BCUT2D eigenvalue weighted by Gasteiger charge is 2.23. The number of hydrazine groups is 1. The Kier molecular flexibility index (Phi) is 6.50. The third-order valence-electron chi connectivity index (χ3n) is 4.72. The van der Waals surface area contributed by atoms with E-state index in [1.54, 1.807) is 0 Å². The van der Waals surface area contributed by atoms with Gasteiger partial charge in [0.25, 0.3) is 0 Å². The molecule has 2 fully saturated rings. The van der Waals surface area contributed by atoms with Crippen LogP contribution in [0.25, 0.3) is 0 Å². The van der Waals surface area contributed by atoms with E-state index in [9.17, 15) is 0 Å². The number of nitrogens with one attached hydrogen (secondary N) is 1. The Labute approximate surface area is 113 Å². The summed E-state index contributed by atoms with van der Waals surface area (Å²) in [6.07, 6.45) is 17.0. The van der Waals surface area contributed by atoms with Crippen LogP contribution in [-0.4, -0.2) is 23.6 Å². The number of hydrogen-bond acceptors (Lipinski definition) is 2. The summed E-state index contributed by atoms with van der Waals surface area (Å²) in [5, 5.41) is 2.64. The Morgan fingerprint density at radius 1 is 0.889 bits per heavy atom. The van der Waals surface area contributed by atoms with Gasteiger partial charge >= 0.3 is 0 Å². The minimum Gasteiger partial charge on any atom is -0.252 e. The van der Waals surface area contributed by atoms with Gasteiger partial charge in [0.05, 0.1) is 0 Å². The molecule has 0 aromatic rings. The average molecular weight is 252 g/mol. The second-order valence-corrected chi connectivity index (χ2v) is 6.30. The number of rotatable bonds is 6. The third kappa shape index (κ3) is 4.55. The van der Waals surface area contributed by atoms with Gasteiger partial charge in [-0.1, -0.05) is 51.9 Å². The Balaban J connectivity index is 1.82. The lowest BCUT2D eigenvalue weighted by atomic mass is 9.94. The van der Waals surface area contributed by atoms with Crippen LogP contribution in [-0.2, 0) is 0 Å². The fraction of sp³-hybridized carbons (Fsp3) is 1.00. The zero-order valence-electron chi connectivity index (χ0n) is 12.3. The molecule has 0 aliphatic heterocycles. The molecule has 0 saturated heterocycles. The highest BCUT2D eigenvalue weighted by atomic mass is 15.5. The normalized spacial score (nSPS) is 23.7. The SMILES string of the molecule is CCCCN(NC1CCCCC1)C1CCCCC1. The summed E-state index contributed by atoms with van der Waals surface area (Å²) in [6.45, 7) is 3.57. The van der Waals surface area contributed by atoms with E-state index in [4.69, 9.17) is 0 Å². The molecule has 0 spiro atoms. The van der Waals surface area contributed by atoms with Gasteiger partial charge in [0.2, 0.25) is 0 Å². The van der Waals surface area contributed by atoms with Crippen molar-refractivity contribution in [3.63, 3.8) is 0 Å². The fourth-order valence-electron chi connectivity index (χ4n) is 3.54. The van der Waals surface area contributed by atoms with Crippen molar-refractivity contribution in [2.75, 3.05) is 6.54 Å². The molecule has 0 radical (unpaired) electrons. The standard InChI is InChI=1S/C16H32N2/c1-2-3-14-18(16-12-8-5-9-13-16)17-15-10-6-4-7-11-15/h15-17H,2-14H2,1H3. The summed E-state index contributed by atoms with van der Waals surface area (Å²) in [4.78, 5) is 0. The molecule has 2 aliphatic carbocycles. The first kappa shape index (κ1) is 14.3. The van der Waals surface area contributed by atoms with Crippen LogP contribution in [0.4, 0.5) is 0 Å². The highest BCUT2D eigenvalue weighted by molar-refractivity contribution is 4.77. The minimum absolute atomic E-state index is 0.775. The van der Waals surface area contributed by atoms with E-state index >= 15 is 0 Å².